The zero-order valence-electron chi connectivity index (χ0n) is 9.45. The fraction of sp³-hybridized carbons (Fsp3) is 0. The molecule has 0 atom stereocenters. The molecule has 1 aromatic heterocycles. The number of benzene rings is 1. The summed E-state index contributed by atoms with van der Waals surface area (Å²) in [5, 5.41) is 12.9. The predicted octanol–water partition coefficient (Wildman–Crippen LogP) is 1.55. The summed E-state index contributed by atoms with van der Waals surface area (Å²) in [6.07, 6.45) is 4.58. The van der Waals surface area contributed by atoms with E-state index >= 15 is 0 Å². The fourth-order valence-electron chi connectivity index (χ4n) is 1.29. The van der Waals surface area contributed by atoms with Gasteiger partial charge in [-0.3, -0.25) is 9.78 Å². The minimum Gasteiger partial charge on any atom is -0.508 e. The number of hydrazone groups is 1. The van der Waals surface area contributed by atoms with Crippen molar-refractivity contribution in [2.24, 2.45) is 5.10 Å². The van der Waals surface area contributed by atoms with E-state index in [2.05, 4.69) is 15.5 Å². The first-order chi connectivity index (χ1) is 8.75. The summed E-state index contributed by atoms with van der Waals surface area (Å²) in [6.45, 7) is 0. The van der Waals surface area contributed by atoms with Crippen LogP contribution in [0.4, 0.5) is 0 Å². The summed E-state index contributed by atoms with van der Waals surface area (Å²) < 4.78 is 0. The lowest BCUT2D eigenvalue weighted by Crippen LogP contribution is -2.17. The second-order valence-corrected chi connectivity index (χ2v) is 3.53. The molecule has 5 heteroatoms. The Morgan fingerprint density at radius 3 is 2.50 bits per heavy atom. The summed E-state index contributed by atoms with van der Waals surface area (Å²) in [5.41, 5.74) is 3.68. The molecule has 90 valence electrons. The maximum atomic E-state index is 11.6. The summed E-state index contributed by atoms with van der Waals surface area (Å²) in [5.74, 6) is -0.111. The van der Waals surface area contributed by atoms with Crippen molar-refractivity contribution in [3.05, 3.63) is 59.9 Å². The van der Waals surface area contributed by atoms with Gasteiger partial charge in [-0.2, -0.15) is 5.10 Å². The van der Waals surface area contributed by atoms with Crippen LogP contribution in [0.1, 0.15) is 15.9 Å². The number of nitrogens with one attached hydrogen (secondary N) is 1. The Labute approximate surface area is 104 Å². The molecular weight excluding hydrogens is 230 g/mol. The molecular formula is C13H11N3O2. The van der Waals surface area contributed by atoms with Gasteiger partial charge in [-0.15, -0.1) is 0 Å². The van der Waals surface area contributed by atoms with E-state index in [1.807, 2.05) is 0 Å². The van der Waals surface area contributed by atoms with E-state index in [0.29, 0.717) is 5.56 Å². The van der Waals surface area contributed by atoms with Gasteiger partial charge in [-0.1, -0.05) is 0 Å². The van der Waals surface area contributed by atoms with E-state index in [0.717, 1.165) is 5.56 Å². The van der Waals surface area contributed by atoms with Crippen molar-refractivity contribution >= 4 is 12.1 Å². The number of amides is 1. The lowest BCUT2D eigenvalue weighted by molar-refractivity contribution is 0.0955. The van der Waals surface area contributed by atoms with Crippen LogP contribution in [0.2, 0.25) is 0 Å². The van der Waals surface area contributed by atoms with Crippen LogP contribution in [0.5, 0.6) is 5.75 Å². The molecule has 2 N–H and O–H groups in total. The van der Waals surface area contributed by atoms with E-state index in [-0.39, 0.29) is 11.7 Å². The lowest BCUT2D eigenvalue weighted by atomic mass is 10.2. The molecule has 18 heavy (non-hydrogen) atoms. The molecule has 2 aromatic rings. The third-order valence-electron chi connectivity index (χ3n) is 2.22. The maximum Gasteiger partial charge on any atom is 0.271 e. The number of aromatic hydroxyl groups is 1. The van der Waals surface area contributed by atoms with Crippen LogP contribution < -0.4 is 5.43 Å². The van der Waals surface area contributed by atoms with Crippen molar-refractivity contribution in [1.82, 2.24) is 10.4 Å². The van der Waals surface area contributed by atoms with E-state index in [4.69, 9.17) is 5.11 Å². The van der Waals surface area contributed by atoms with Crippen LogP contribution in [0.3, 0.4) is 0 Å². The van der Waals surface area contributed by atoms with Gasteiger partial charge in [0.2, 0.25) is 0 Å². The van der Waals surface area contributed by atoms with E-state index in [9.17, 15) is 4.79 Å². The lowest BCUT2D eigenvalue weighted by Gasteiger charge is -1.98. The fourth-order valence-corrected chi connectivity index (χ4v) is 1.29. The zero-order valence-corrected chi connectivity index (χ0v) is 9.45. The molecule has 0 unspecified atom stereocenters. The Balaban J connectivity index is 1.96. The highest BCUT2D eigenvalue weighted by Gasteiger charge is 2.01. The Morgan fingerprint density at radius 1 is 1.17 bits per heavy atom. The highest BCUT2D eigenvalue weighted by Crippen LogP contribution is 2.07. The van der Waals surface area contributed by atoms with E-state index in [1.165, 1.54) is 6.21 Å². The van der Waals surface area contributed by atoms with Crippen LogP contribution >= 0.6 is 0 Å². The van der Waals surface area contributed by atoms with Crippen molar-refractivity contribution < 1.29 is 9.90 Å². The quantitative estimate of drug-likeness (QED) is 0.632. The average Bonchev–Trinajstić information content (AvgIpc) is 2.42. The largest absolute Gasteiger partial charge is 0.508 e. The molecule has 5 nitrogen and oxygen atoms in total. The van der Waals surface area contributed by atoms with E-state index < -0.39 is 0 Å². The Morgan fingerprint density at radius 2 is 1.83 bits per heavy atom. The number of hydrogen-bond donors (Lipinski definition) is 2. The summed E-state index contributed by atoms with van der Waals surface area (Å²) in [6, 6.07) is 9.68. The molecule has 0 spiro atoms. The number of rotatable bonds is 3. The van der Waals surface area contributed by atoms with Gasteiger partial charge in [0.15, 0.2) is 0 Å². The van der Waals surface area contributed by atoms with Gasteiger partial charge in [-0.25, -0.2) is 5.43 Å². The molecule has 1 amide bonds. The number of nitrogens with zero attached hydrogens (tertiary/aromatic N) is 2. The van der Waals surface area contributed by atoms with Crippen molar-refractivity contribution in [2.75, 3.05) is 0 Å². The molecule has 0 radical (unpaired) electrons. The SMILES string of the molecule is O=C(N/N=C\c1ccc(O)cc1)c1ccncc1. The van der Waals surface area contributed by atoms with Gasteiger partial charge in [-0.05, 0) is 42.0 Å². The smallest absolute Gasteiger partial charge is 0.271 e. The Hall–Kier alpha value is -2.69. The molecule has 0 aliphatic carbocycles. The van der Waals surface area contributed by atoms with Gasteiger partial charge < -0.3 is 5.11 Å². The molecule has 0 fully saturated rings. The standard InChI is InChI=1S/C13H11N3O2/c17-12-3-1-10(2-4-12)9-15-16-13(18)11-5-7-14-8-6-11/h1-9,17H,(H,16,18)/b15-9-. The highest BCUT2D eigenvalue weighted by molar-refractivity contribution is 5.94. The van der Waals surface area contributed by atoms with Crippen molar-refractivity contribution in [3.8, 4) is 5.75 Å². The topological polar surface area (TPSA) is 74.6 Å². The Kier molecular flexibility index (Phi) is 3.66. The van der Waals surface area contributed by atoms with Gasteiger partial charge in [0, 0.05) is 18.0 Å². The highest BCUT2D eigenvalue weighted by atomic mass is 16.3. The van der Waals surface area contributed by atoms with Crippen LogP contribution in [0.15, 0.2) is 53.9 Å². The third-order valence-corrected chi connectivity index (χ3v) is 2.22. The second-order valence-electron chi connectivity index (χ2n) is 3.53. The molecule has 1 heterocycles. The molecule has 2 rings (SSSR count). The minimum atomic E-state index is -0.299. The van der Waals surface area contributed by atoms with Crippen molar-refractivity contribution in [3.63, 3.8) is 0 Å². The first-order valence-corrected chi connectivity index (χ1v) is 5.28. The van der Waals surface area contributed by atoms with Crippen molar-refractivity contribution in [1.29, 1.82) is 0 Å². The number of phenolic OH excluding ortho intramolecular Hbond substituents is 1. The summed E-state index contributed by atoms with van der Waals surface area (Å²) in [7, 11) is 0. The van der Waals surface area contributed by atoms with Crippen LogP contribution in [-0.2, 0) is 0 Å². The molecule has 0 aliphatic rings. The minimum absolute atomic E-state index is 0.188. The number of hydrogen-bond acceptors (Lipinski definition) is 4. The average molecular weight is 241 g/mol. The van der Waals surface area contributed by atoms with Gasteiger partial charge in [0.05, 0.1) is 6.21 Å². The van der Waals surface area contributed by atoms with Crippen LogP contribution in [0, 0.1) is 0 Å². The number of aromatic nitrogens is 1. The van der Waals surface area contributed by atoms with Crippen LogP contribution in [-0.4, -0.2) is 22.2 Å². The molecule has 1 aromatic carbocycles. The number of pyridine rings is 1. The van der Waals surface area contributed by atoms with Gasteiger partial charge >= 0.3 is 0 Å². The summed E-state index contributed by atoms with van der Waals surface area (Å²) >= 11 is 0. The Bertz CT molecular complexity index is 550. The summed E-state index contributed by atoms with van der Waals surface area (Å²) in [4.78, 5) is 15.4. The van der Waals surface area contributed by atoms with Crippen LogP contribution in [0.25, 0.3) is 0 Å². The maximum absolute atomic E-state index is 11.6. The number of phenols is 1. The van der Waals surface area contributed by atoms with Crippen molar-refractivity contribution in [2.45, 2.75) is 0 Å². The number of carbonyl (C=O) groups excluding carboxylic acids is 1. The molecule has 0 bridgehead atoms. The first kappa shape index (κ1) is 11.8. The second kappa shape index (κ2) is 5.58. The predicted molar refractivity (Wildman–Crippen MR) is 67.4 cm³/mol. The molecule has 0 saturated carbocycles. The number of carbonyl (C=O) groups is 1. The van der Waals surface area contributed by atoms with Gasteiger partial charge in [0.1, 0.15) is 5.75 Å². The normalized spacial score (nSPS) is 10.4. The third kappa shape index (κ3) is 3.15. The van der Waals surface area contributed by atoms with E-state index in [1.54, 1.807) is 48.8 Å². The first-order valence-electron chi connectivity index (χ1n) is 5.28. The monoisotopic (exact) mass is 241 g/mol. The zero-order chi connectivity index (χ0) is 12.8. The molecule has 0 saturated heterocycles. The molecule has 0 aliphatic heterocycles. The van der Waals surface area contributed by atoms with Gasteiger partial charge in [0.25, 0.3) is 5.91 Å².